The van der Waals surface area contributed by atoms with Gasteiger partial charge in [-0.15, -0.1) is 0 Å². The Morgan fingerprint density at radius 3 is 2.69 bits per heavy atom. The van der Waals surface area contributed by atoms with Crippen LogP contribution < -0.4 is 10.9 Å². The smallest absolute Gasteiger partial charge is 0.264 e. The molecule has 0 fully saturated rings. The third-order valence-electron chi connectivity index (χ3n) is 5.42. The summed E-state index contributed by atoms with van der Waals surface area (Å²) in [4.78, 5) is 18.1. The van der Waals surface area contributed by atoms with E-state index in [1.54, 1.807) is 21.3 Å². The van der Waals surface area contributed by atoms with Crippen LogP contribution in [-0.4, -0.2) is 19.2 Å². The van der Waals surface area contributed by atoms with Crippen LogP contribution in [0.2, 0.25) is 5.02 Å². The molecule has 0 saturated heterocycles. The number of pyridine rings is 1. The van der Waals surface area contributed by atoms with Crippen LogP contribution in [0.1, 0.15) is 24.4 Å². The highest BCUT2D eigenvalue weighted by atomic mass is 35.5. The van der Waals surface area contributed by atoms with E-state index in [1.807, 2.05) is 73.8 Å². The largest absolute Gasteiger partial charge is 0.376 e. The van der Waals surface area contributed by atoms with Crippen LogP contribution in [-0.2, 0) is 0 Å². The molecular weight excluding hydrogens is 422 g/mol. The standard InChI is InChI=1S/C25H20ClN5O/c1-16(21-15-30-23(29-21)12-7-13-27-30)28-17(2)22-14-18-8-6-11-20(26)24(18)25(32)31(22)19-9-4-3-5-10-19/h3-15,17,28H,1H2,2H3/t17-/m0/s1. The molecule has 3 aromatic heterocycles. The summed E-state index contributed by atoms with van der Waals surface area (Å²) in [5.74, 6) is 0. The lowest BCUT2D eigenvalue weighted by Gasteiger charge is -2.22. The first-order chi connectivity index (χ1) is 15.5. The van der Waals surface area contributed by atoms with E-state index in [0.29, 0.717) is 21.8 Å². The van der Waals surface area contributed by atoms with Crippen molar-refractivity contribution in [1.29, 1.82) is 0 Å². The SMILES string of the molecule is C=C(N[C@@H](C)c1cc2cccc(Cl)c2c(=O)n1-c1ccccc1)c1cn2ncccc2n1. The number of para-hydroxylation sites is 1. The Hall–Kier alpha value is -3.90. The normalized spacial score (nSPS) is 12.2. The highest BCUT2D eigenvalue weighted by Gasteiger charge is 2.19. The van der Waals surface area contributed by atoms with E-state index in [4.69, 9.17) is 11.6 Å². The summed E-state index contributed by atoms with van der Waals surface area (Å²) in [6, 6.07) is 20.5. The molecule has 0 radical (unpaired) electrons. The van der Waals surface area contributed by atoms with Crippen LogP contribution in [0, 0.1) is 0 Å². The summed E-state index contributed by atoms with van der Waals surface area (Å²) in [6.07, 6.45) is 3.53. The molecule has 3 heterocycles. The monoisotopic (exact) mass is 441 g/mol. The maximum Gasteiger partial charge on any atom is 0.264 e. The summed E-state index contributed by atoms with van der Waals surface area (Å²) in [7, 11) is 0. The van der Waals surface area contributed by atoms with Gasteiger partial charge >= 0.3 is 0 Å². The highest BCUT2D eigenvalue weighted by molar-refractivity contribution is 6.35. The van der Waals surface area contributed by atoms with Crippen molar-refractivity contribution in [1.82, 2.24) is 24.5 Å². The van der Waals surface area contributed by atoms with Crippen LogP contribution in [0.4, 0.5) is 0 Å². The van der Waals surface area contributed by atoms with Crippen molar-refractivity contribution in [2.24, 2.45) is 0 Å². The van der Waals surface area contributed by atoms with Crippen molar-refractivity contribution in [3.8, 4) is 5.69 Å². The topological polar surface area (TPSA) is 64.2 Å². The van der Waals surface area contributed by atoms with Gasteiger partial charge in [-0.1, -0.05) is 48.5 Å². The molecule has 7 heteroatoms. The number of benzene rings is 2. The molecule has 0 aliphatic rings. The number of imidazole rings is 1. The molecule has 0 saturated carbocycles. The zero-order chi connectivity index (χ0) is 22.2. The first kappa shape index (κ1) is 20.0. The second kappa shape index (κ2) is 7.98. The van der Waals surface area contributed by atoms with Crippen molar-refractivity contribution >= 4 is 33.7 Å². The number of rotatable bonds is 5. The van der Waals surface area contributed by atoms with E-state index in [2.05, 4.69) is 22.0 Å². The predicted molar refractivity (Wildman–Crippen MR) is 128 cm³/mol. The Kier molecular flexibility index (Phi) is 4.99. The molecule has 0 aliphatic heterocycles. The van der Waals surface area contributed by atoms with E-state index in [0.717, 1.165) is 22.4 Å². The number of nitrogens with zero attached hydrogens (tertiary/aromatic N) is 4. The van der Waals surface area contributed by atoms with Crippen LogP contribution in [0.15, 0.2) is 90.5 Å². The van der Waals surface area contributed by atoms with Crippen molar-refractivity contribution < 1.29 is 0 Å². The summed E-state index contributed by atoms with van der Waals surface area (Å²) < 4.78 is 3.40. The molecule has 5 aromatic rings. The molecule has 1 N–H and O–H groups in total. The molecule has 0 unspecified atom stereocenters. The minimum absolute atomic E-state index is 0.162. The molecule has 0 bridgehead atoms. The molecule has 5 rings (SSSR count). The van der Waals surface area contributed by atoms with Crippen LogP contribution in [0.5, 0.6) is 0 Å². The molecule has 32 heavy (non-hydrogen) atoms. The van der Waals surface area contributed by atoms with Gasteiger partial charge < -0.3 is 5.32 Å². The Bertz CT molecular complexity index is 1490. The van der Waals surface area contributed by atoms with Crippen molar-refractivity contribution in [3.63, 3.8) is 0 Å². The van der Waals surface area contributed by atoms with Gasteiger partial charge in [-0.25, -0.2) is 9.50 Å². The molecule has 6 nitrogen and oxygen atoms in total. The molecule has 0 amide bonds. The lowest BCUT2D eigenvalue weighted by Crippen LogP contribution is -2.28. The highest BCUT2D eigenvalue weighted by Crippen LogP contribution is 2.26. The lowest BCUT2D eigenvalue weighted by molar-refractivity contribution is 0.650. The van der Waals surface area contributed by atoms with Gasteiger partial charge in [0.15, 0.2) is 5.65 Å². The third kappa shape index (κ3) is 3.44. The maximum atomic E-state index is 13.6. The minimum Gasteiger partial charge on any atom is -0.376 e. The van der Waals surface area contributed by atoms with Gasteiger partial charge in [-0.2, -0.15) is 5.10 Å². The zero-order valence-electron chi connectivity index (χ0n) is 17.4. The van der Waals surface area contributed by atoms with Crippen LogP contribution in [0.25, 0.3) is 27.8 Å². The van der Waals surface area contributed by atoms with Gasteiger partial charge in [0.1, 0.15) is 5.69 Å². The fourth-order valence-corrected chi connectivity index (χ4v) is 4.15. The Labute approximate surface area is 189 Å². The first-order valence-electron chi connectivity index (χ1n) is 10.2. The number of hydrogen-bond donors (Lipinski definition) is 1. The van der Waals surface area contributed by atoms with Crippen molar-refractivity contribution in [2.45, 2.75) is 13.0 Å². The number of nitrogens with one attached hydrogen (secondary N) is 1. The number of aromatic nitrogens is 4. The summed E-state index contributed by atoms with van der Waals surface area (Å²) in [5, 5.41) is 9.38. The lowest BCUT2D eigenvalue weighted by atomic mass is 10.1. The van der Waals surface area contributed by atoms with E-state index < -0.39 is 0 Å². The Morgan fingerprint density at radius 2 is 1.91 bits per heavy atom. The fourth-order valence-electron chi connectivity index (χ4n) is 3.89. The number of halogens is 1. The van der Waals surface area contributed by atoms with E-state index in [-0.39, 0.29) is 11.6 Å². The fraction of sp³-hybridized carbons (Fsp3) is 0.0800. The average molecular weight is 442 g/mol. The van der Waals surface area contributed by atoms with Gasteiger partial charge in [0.2, 0.25) is 0 Å². The Morgan fingerprint density at radius 1 is 1.09 bits per heavy atom. The predicted octanol–water partition coefficient (Wildman–Crippen LogP) is 5.01. The van der Waals surface area contributed by atoms with Crippen LogP contribution in [0.3, 0.4) is 0 Å². The van der Waals surface area contributed by atoms with Gasteiger partial charge in [-0.05, 0) is 48.7 Å². The average Bonchev–Trinajstić information content (AvgIpc) is 3.24. The quantitative estimate of drug-likeness (QED) is 0.416. The number of fused-ring (bicyclic) bond motifs is 2. The molecule has 1 atom stereocenters. The van der Waals surface area contributed by atoms with Gasteiger partial charge in [-0.3, -0.25) is 9.36 Å². The van der Waals surface area contributed by atoms with Gasteiger partial charge in [0, 0.05) is 17.6 Å². The van der Waals surface area contributed by atoms with Gasteiger partial charge in [0.05, 0.1) is 28.3 Å². The second-order valence-corrected chi connectivity index (χ2v) is 7.95. The zero-order valence-corrected chi connectivity index (χ0v) is 18.1. The summed E-state index contributed by atoms with van der Waals surface area (Å²) >= 11 is 6.40. The summed E-state index contributed by atoms with van der Waals surface area (Å²) in [6.45, 7) is 6.15. The van der Waals surface area contributed by atoms with Crippen molar-refractivity contribution in [3.05, 3.63) is 112 Å². The first-order valence-corrected chi connectivity index (χ1v) is 10.6. The van der Waals surface area contributed by atoms with Crippen molar-refractivity contribution in [2.75, 3.05) is 0 Å². The molecule has 0 spiro atoms. The van der Waals surface area contributed by atoms with Crippen LogP contribution >= 0.6 is 11.6 Å². The molecule has 0 aliphatic carbocycles. The molecule has 158 valence electrons. The van der Waals surface area contributed by atoms with E-state index >= 15 is 0 Å². The molecule has 2 aromatic carbocycles. The summed E-state index contributed by atoms with van der Waals surface area (Å²) in [5.41, 5.74) is 3.46. The van der Waals surface area contributed by atoms with E-state index in [9.17, 15) is 4.79 Å². The van der Waals surface area contributed by atoms with E-state index in [1.165, 1.54) is 0 Å². The second-order valence-electron chi connectivity index (χ2n) is 7.55. The minimum atomic E-state index is -0.239. The van der Waals surface area contributed by atoms with Gasteiger partial charge in [0.25, 0.3) is 5.56 Å². The Balaban J connectivity index is 1.60. The number of hydrogen-bond acceptors (Lipinski definition) is 4. The molecular formula is C25H20ClN5O. The third-order valence-corrected chi connectivity index (χ3v) is 5.73. The maximum absolute atomic E-state index is 13.6.